The SMILES string of the molecule is CCOC(=O)C1=Cc2ccc(OC)cc2[N]1. The lowest BCUT2D eigenvalue weighted by molar-refractivity contribution is -0.138. The first-order valence-electron chi connectivity index (χ1n) is 5.03. The molecule has 4 nitrogen and oxygen atoms in total. The van der Waals surface area contributed by atoms with E-state index in [1.54, 1.807) is 26.2 Å². The van der Waals surface area contributed by atoms with Crippen molar-refractivity contribution in [2.24, 2.45) is 0 Å². The molecule has 0 aliphatic carbocycles. The number of hydrogen-bond acceptors (Lipinski definition) is 3. The van der Waals surface area contributed by atoms with Crippen molar-refractivity contribution >= 4 is 17.7 Å². The van der Waals surface area contributed by atoms with E-state index in [2.05, 4.69) is 5.32 Å². The largest absolute Gasteiger partial charge is 0.497 e. The molecule has 0 unspecified atom stereocenters. The third kappa shape index (κ3) is 1.86. The maximum absolute atomic E-state index is 11.5. The summed E-state index contributed by atoms with van der Waals surface area (Å²) in [5, 5.41) is 4.19. The first-order chi connectivity index (χ1) is 7.74. The minimum absolute atomic E-state index is 0.338. The second-order valence-electron chi connectivity index (χ2n) is 3.29. The van der Waals surface area contributed by atoms with Gasteiger partial charge in [-0.15, -0.1) is 0 Å². The molecule has 0 amide bonds. The van der Waals surface area contributed by atoms with Crippen molar-refractivity contribution in [3.63, 3.8) is 0 Å². The zero-order valence-corrected chi connectivity index (χ0v) is 9.19. The number of nitrogens with zero attached hydrogens (tertiary/aromatic N) is 1. The van der Waals surface area contributed by atoms with Gasteiger partial charge in [0.25, 0.3) is 0 Å². The van der Waals surface area contributed by atoms with Crippen LogP contribution in [0.4, 0.5) is 5.69 Å². The van der Waals surface area contributed by atoms with Crippen molar-refractivity contribution in [3.05, 3.63) is 29.5 Å². The molecule has 1 heterocycles. The minimum Gasteiger partial charge on any atom is -0.497 e. The normalized spacial score (nSPS) is 12.5. The van der Waals surface area contributed by atoms with Crippen molar-refractivity contribution in [1.82, 2.24) is 5.32 Å². The molecule has 0 aromatic heterocycles. The molecule has 83 valence electrons. The van der Waals surface area contributed by atoms with Gasteiger partial charge in [-0.25, -0.2) is 10.1 Å². The molecule has 0 atom stereocenters. The Hall–Kier alpha value is -1.97. The number of carbonyl (C=O) groups is 1. The topological polar surface area (TPSA) is 49.6 Å². The average molecular weight is 218 g/mol. The highest BCUT2D eigenvalue weighted by atomic mass is 16.5. The summed E-state index contributed by atoms with van der Waals surface area (Å²) in [4.78, 5) is 11.5. The molecule has 1 aromatic carbocycles. The van der Waals surface area contributed by atoms with E-state index in [0.717, 1.165) is 17.0 Å². The Morgan fingerprint density at radius 1 is 1.44 bits per heavy atom. The minimum atomic E-state index is -0.391. The summed E-state index contributed by atoms with van der Waals surface area (Å²) in [6, 6.07) is 5.49. The molecular weight excluding hydrogens is 206 g/mol. The van der Waals surface area contributed by atoms with Crippen LogP contribution >= 0.6 is 0 Å². The van der Waals surface area contributed by atoms with Crippen LogP contribution in [-0.4, -0.2) is 19.7 Å². The highest BCUT2D eigenvalue weighted by Crippen LogP contribution is 2.31. The average Bonchev–Trinajstić information content (AvgIpc) is 2.71. The van der Waals surface area contributed by atoms with E-state index < -0.39 is 5.97 Å². The van der Waals surface area contributed by atoms with Gasteiger partial charge in [0, 0.05) is 11.6 Å². The molecule has 0 fully saturated rings. The predicted octanol–water partition coefficient (Wildman–Crippen LogP) is 1.85. The Balaban J connectivity index is 2.19. The van der Waals surface area contributed by atoms with Gasteiger partial charge in [0.05, 0.1) is 19.4 Å². The molecule has 0 bridgehead atoms. The van der Waals surface area contributed by atoms with Crippen molar-refractivity contribution < 1.29 is 14.3 Å². The fraction of sp³-hybridized carbons (Fsp3) is 0.250. The number of fused-ring (bicyclic) bond motifs is 1. The van der Waals surface area contributed by atoms with Crippen LogP contribution < -0.4 is 10.1 Å². The standard InChI is InChI=1S/C12H12NO3/c1-3-16-12(14)11-6-8-4-5-9(15-2)7-10(8)13-11/h4-7H,3H2,1-2H3. The van der Waals surface area contributed by atoms with Crippen molar-refractivity contribution in [1.29, 1.82) is 0 Å². The predicted molar refractivity (Wildman–Crippen MR) is 59.4 cm³/mol. The van der Waals surface area contributed by atoms with Gasteiger partial charge in [-0.05, 0) is 25.1 Å². The van der Waals surface area contributed by atoms with Crippen LogP contribution in [0.2, 0.25) is 0 Å². The first-order valence-corrected chi connectivity index (χ1v) is 5.03. The molecule has 0 spiro atoms. The Labute approximate surface area is 93.9 Å². The summed E-state index contributed by atoms with van der Waals surface area (Å²) in [5.41, 5.74) is 1.98. The third-order valence-corrected chi connectivity index (χ3v) is 2.26. The zero-order valence-electron chi connectivity index (χ0n) is 9.19. The van der Waals surface area contributed by atoms with Crippen LogP contribution in [0, 0.1) is 0 Å². The molecule has 1 aliphatic heterocycles. The first kappa shape index (κ1) is 10.5. The molecule has 0 saturated heterocycles. The van der Waals surface area contributed by atoms with E-state index in [-0.39, 0.29) is 0 Å². The van der Waals surface area contributed by atoms with E-state index in [9.17, 15) is 4.79 Å². The Morgan fingerprint density at radius 3 is 2.94 bits per heavy atom. The van der Waals surface area contributed by atoms with E-state index in [0.29, 0.717) is 12.3 Å². The molecule has 0 N–H and O–H groups in total. The van der Waals surface area contributed by atoms with E-state index >= 15 is 0 Å². The summed E-state index contributed by atoms with van der Waals surface area (Å²) in [6.07, 6.45) is 1.72. The molecule has 4 heteroatoms. The molecule has 16 heavy (non-hydrogen) atoms. The summed E-state index contributed by atoms with van der Waals surface area (Å²) < 4.78 is 9.96. The molecule has 1 aromatic rings. The van der Waals surface area contributed by atoms with Crippen molar-refractivity contribution in [2.45, 2.75) is 6.92 Å². The number of methoxy groups -OCH3 is 1. The number of carbonyl (C=O) groups excluding carboxylic acids is 1. The van der Waals surface area contributed by atoms with E-state index in [4.69, 9.17) is 9.47 Å². The van der Waals surface area contributed by atoms with E-state index in [1.165, 1.54) is 0 Å². The van der Waals surface area contributed by atoms with Crippen LogP contribution in [0.1, 0.15) is 12.5 Å². The maximum Gasteiger partial charge on any atom is 0.356 e. The Kier molecular flexibility index (Phi) is 2.81. The fourth-order valence-electron chi connectivity index (χ4n) is 1.49. The number of benzene rings is 1. The van der Waals surface area contributed by atoms with Gasteiger partial charge >= 0.3 is 5.97 Å². The second kappa shape index (κ2) is 4.26. The third-order valence-electron chi connectivity index (χ3n) is 2.26. The maximum atomic E-state index is 11.5. The summed E-state index contributed by atoms with van der Waals surface area (Å²) in [5.74, 6) is 0.332. The molecule has 0 saturated carbocycles. The van der Waals surface area contributed by atoms with Gasteiger partial charge in [-0.1, -0.05) is 0 Å². The van der Waals surface area contributed by atoms with Gasteiger partial charge in [0.1, 0.15) is 11.4 Å². The summed E-state index contributed by atoms with van der Waals surface area (Å²) >= 11 is 0. The number of rotatable bonds is 3. The van der Waals surface area contributed by atoms with Gasteiger partial charge in [0.15, 0.2) is 0 Å². The second-order valence-corrected chi connectivity index (χ2v) is 3.29. The highest BCUT2D eigenvalue weighted by molar-refractivity contribution is 5.97. The van der Waals surface area contributed by atoms with Crippen LogP contribution in [0.25, 0.3) is 6.08 Å². The van der Waals surface area contributed by atoms with Crippen LogP contribution in [0.15, 0.2) is 23.9 Å². The molecular formula is C12H12NO3. The van der Waals surface area contributed by atoms with Crippen LogP contribution in [-0.2, 0) is 9.53 Å². The fourth-order valence-corrected chi connectivity index (χ4v) is 1.49. The van der Waals surface area contributed by atoms with Gasteiger partial charge in [-0.2, -0.15) is 0 Å². The summed E-state index contributed by atoms with van der Waals surface area (Å²) in [6.45, 7) is 2.12. The van der Waals surface area contributed by atoms with Gasteiger partial charge < -0.3 is 9.47 Å². The van der Waals surface area contributed by atoms with Crippen molar-refractivity contribution in [2.75, 3.05) is 13.7 Å². The van der Waals surface area contributed by atoms with Crippen LogP contribution in [0.5, 0.6) is 5.75 Å². The zero-order chi connectivity index (χ0) is 11.5. The van der Waals surface area contributed by atoms with Gasteiger partial charge in [-0.3, -0.25) is 0 Å². The summed E-state index contributed by atoms with van der Waals surface area (Å²) in [7, 11) is 1.59. The number of ether oxygens (including phenoxy) is 2. The van der Waals surface area contributed by atoms with Crippen molar-refractivity contribution in [3.8, 4) is 5.75 Å². The van der Waals surface area contributed by atoms with Gasteiger partial charge in [0.2, 0.25) is 0 Å². The lowest BCUT2D eigenvalue weighted by Gasteiger charge is -2.03. The quantitative estimate of drug-likeness (QED) is 0.727. The Bertz CT molecular complexity index is 452. The number of esters is 1. The highest BCUT2D eigenvalue weighted by Gasteiger charge is 2.21. The van der Waals surface area contributed by atoms with E-state index in [1.807, 2.05) is 12.1 Å². The Morgan fingerprint density at radius 2 is 2.25 bits per heavy atom. The molecule has 2 rings (SSSR count). The smallest absolute Gasteiger partial charge is 0.356 e. The monoisotopic (exact) mass is 218 g/mol. The molecule has 1 radical (unpaired) electrons. The lowest BCUT2D eigenvalue weighted by Crippen LogP contribution is -2.11. The lowest BCUT2D eigenvalue weighted by atomic mass is 10.2. The number of hydrogen-bond donors (Lipinski definition) is 0. The van der Waals surface area contributed by atoms with Crippen LogP contribution in [0.3, 0.4) is 0 Å². The molecule has 1 aliphatic rings.